The summed E-state index contributed by atoms with van der Waals surface area (Å²) >= 11 is 0. The van der Waals surface area contributed by atoms with Crippen LogP contribution >= 0.6 is 0 Å². The number of hydrogen-bond acceptors (Lipinski definition) is 2. The first kappa shape index (κ1) is 12.7. The van der Waals surface area contributed by atoms with E-state index in [1.165, 1.54) is 0 Å². The predicted octanol–water partition coefficient (Wildman–Crippen LogP) is 4.45. The van der Waals surface area contributed by atoms with Crippen LogP contribution in [0.25, 0.3) is 0 Å². The summed E-state index contributed by atoms with van der Waals surface area (Å²) < 4.78 is 5.78. The lowest BCUT2D eigenvalue weighted by molar-refractivity contribution is 0.482. The van der Waals surface area contributed by atoms with Gasteiger partial charge in [0.2, 0.25) is 0 Å². The molecule has 3 rings (SSSR count). The van der Waals surface area contributed by atoms with Crippen LogP contribution in [-0.2, 0) is 0 Å². The van der Waals surface area contributed by atoms with Crippen LogP contribution in [0.1, 0.15) is 19.3 Å². The summed E-state index contributed by atoms with van der Waals surface area (Å²) in [6.07, 6.45) is 3.16. The number of hydrogen-bond donors (Lipinski definition) is 1. The third-order valence-electron chi connectivity index (χ3n) is 3.50. The van der Waals surface area contributed by atoms with Gasteiger partial charge in [-0.05, 0) is 49.2 Å². The zero-order valence-electron chi connectivity index (χ0n) is 11.4. The SMILES string of the molecule is N=C1CCCCN1c1ccc(Oc2ccccc2)cc1. The molecule has 0 saturated carbocycles. The van der Waals surface area contributed by atoms with Gasteiger partial charge in [0.15, 0.2) is 0 Å². The Labute approximate surface area is 119 Å². The van der Waals surface area contributed by atoms with Crippen LogP contribution in [0.15, 0.2) is 54.6 Å². The fourth-order valence-electron chi connectivity index (χ4n) is 2.44. The first-order valence-electron chi connectivity index (χ1n) is 7.01. The van der Waals surface area contributed by atoms with Crippen LogP contribution in [0.2, 0.25) is 0 Å². The quantitative estimate of drug-likeness (QED) is 0.891. The first-order chi connectivity index (χ1) is 9.83. The second kappa shape index (κ2) is 5.78. The van der Waals surface area contributed by atoms with Crippen molar-refractivity contribution >= 4 is 11.5 Å². The van der Waals surface area contributed by atoms with Crippen molar-refractivity contribution in [2.75, 3.05) is 11.4 Å². The molecule has 2 aromatic carbocycles. The molecule has 3 nitrogen and oxygen atoms in total. The van der Waals surface area contributed by atoms with E-state index in [0.29, 0.717) is 5.84 Å². The summed E-state index contributed by atoms with van der Waals surface area (Å²) in [5.41, 5.74) is 1.08. The van der Waals surface area contributed by atoms with Gasteiger partial charge in [-0.1, -0.05) is 18.2 Å². The summed E-state index contributed by atoms with van der Waals surface area (Å²) in [7, 11) is 0. The molecule has 102 valence electrons. The summed E-state index contributed by atoms with van der Waals surface area (Å²) in [6, 6.07) is 17.7. The Morgan fingerprint density at radius 2 is 1.55 bits per heavy atom. The fourth-order valence-corrected chi connectivity index (χ4v) is 2.44. The van der Waals surface area contributed by atoms with Crippen LogP contribution in [0.5, 0.6) is 11.5 Å². The van der Waals surface area contributed by atoms with Crippen LogP contribution in [0, 0.1) is 5.41 Å². The van der Waals surface area contributed by atoms with E-state index in [0.717, 1.165) is 43.0 Å². The number of ether oxygens (including phenoxy) is 1. The zero-order chi connectivity index (χ0) is 13.8. The standard InChI is InChI=1S/C17H18N2O/c18-17-8-4-5-13-19(17)14-9-11-16(12-10-14)20-15-6-2-1-3-7-15/h1-3,6-7,9-12,18H,4-5,8,13H2. The van der Waals surface area contributed by atoms with Gasteiger partial charge < -0.3 is 9.64 Å². The lowest BCUT2D eigenvalue weighted by atomic mass is 10.1. The minimum absolute atomic E-state index is 0.716. The van der Waals surface area contributed by atoms with E-state index >= 15 is 0 Å². The monoisotopic (exact) mass is 266 g/mol. The number of para-hydroxylation sites is 1. The predicted molar refractivity (Wildman–Crippen MR) is 81.9 cm³/mol. The molecular formula is C17H18N2O. The molecule has 1 N–H and O–H groups in total. The van der Waals surface area contributed by atoms with Gasteiger partial charge in [-0.25, -0.2) is 0 Å². The maximum atomic E-state index is 8.01. The molecule has 1 fully saturated rings. The lowest BCUT2D eigenvalue weighted by Gasteiger charge is -2.29. The smallest absolute Gasteiger partial charge is 0.127 e. The van der Waals surface area contributed by atoms with E-state index in [4.69, 9.17) is 10.1 Å². The molecule has 0 atom stereocenters. The van der Waals surface area contributed by atoms with E-state index in [2.05, 4.69) is 4.90 Å². The third-order valence-corrected chi connectivity index (χ3v) is 3.50. The summed E-state index contributed by atoms with van der Waals surface area (Å²) in [4.78, 5) is 2.08. The second-order valence-electron chi connectivity index (χ2n) is 4.96. The zero-order valence-corrected chi connectivity index (χ0v) is 11.4. The molecule has 0 aliphatic carbocycles. The highest BCUT2D eigenvalue weighted by atomic mass is 16.5. The highest BCUT2D eigenvalue weighted by Crippen LogP contribution is 2.26. The van der Waals surface area contributed by atoms with Gasteiger partial charge in [0.25, 0.3) is 0 Å². The van der Waals surface area contributed by atoms with Crippen LogP contribution in [-0.4, -0.2) is 12.4 Å². The van der Waals surface area contributed by atoms with Crippen molar-refractivity contribution in [2.24, 2.45) is 0 Å². The molecule has 20 heavy (non-hydrogen) atoms. The number of piperidine rings is 1. The van der Waals surface area contributed by atoms with E-state index in [-0.39, 0.29) is 0 Å². The molecule has 1 aliphatic heterocycles. The Bertz CT molecular complexity index is 578. The summed E-state index contributed by atoms with van der Waals surface area (Å²) in [5.74, 6) is 2.38. The highest BCUT2D eigenvalue weighted by molar-refractivity contribution is 5.96. The number of rotatable bonds is 3. The molecule has 3 heteroatoms. The van der Waals surface area contributed by atoms with Gasteiger partial charge in [0.05, 0.1) is 0 Å². The average molecular weight is 266 g/mol. The van der Waals surface area contributed by atoms with Crippen molar-refractivity contribution in [3.63, 3.8) is 0 Å². The summed E-state index contributed by atoms with van der Waals surface area (Å²) in [6.45, 7) is 0.942. The van der Waals surface area contributed by atoms with E-state index in [1.807, 2.05) is 54.6 Å². The molecule has 1 heterocycles. The third kappa shape index (κ3) is 2.82. The van der Waals surface area contributed by atoms with Crippen LogP contribution in [0.3, 0.4) is 0 Å². The van der Waals surface area contributed by atoms with E-state index in [9.17, 15) is 0 Å². The van der Waals surface area contributed by atoms with Crippen molar-refractivity contribution in [3.8, 4) is 11.5 Å². The molecule has 0 amide bonds. The van der Waals surface area contributed by atoms with Crippen molar-refractivity contribution < 1.29 is 4.74 Å². The maximum Gasteiger partial charge on any atom is 0.127 e. The lowest BCUT2D eigenvalue weighted by Crippen LogP contribution is -2.34. The maximum absolute atomic E-state index is 8.01. The van der Waals surface area contributed by atoms with Gasteiger partial charge in [-0.2, -0.15) is 0 Å². The average Bonchev–Trinajstić information content (AvgIpc) is 2.50. The molecule has 1 saturated heterocycles. The van der Waals surface area contributed by atoms with Gasteiger partial charge in [0, 0.05) is 18.7 Å². The number of benzene rings is 2. The number of nitrogens with zero attached hydrogens (tertiary/aromatic N) is 1. The first-order valence-corrected chi connectivity index (χ1v) is 7.01. The van der Waals surface area contributed by atoms with Gasteiger partial charge in [-0.3, -0.25) is 5.41 Å². The molecule has 0 spiro atoms. The highest BCUT2D eigenvalue weighted by Gasteiger charge is 2.16. The normalized spacial score (nSPS) is 15.2. The molecule has 2 aromatic rings. The Morgan fingerprint density at radius 3 is 2.25 bits per heavy atom. The van der Waals surface area contributed by atoms with E-state index in [1.54, 1.807) is 0 Å². The Kier molecular flexibility index (Phi) is 3.68. The molecular weight excluding hydrogens is 248 g/mol. The van der Waals surface area contributed by atoms with Gasteiger partial charge >= 0.3 is 0 Å². The van der Waals surface area contributed by atoms with Gasteiger partial charge in [-0.15, -0.1) is 0 Å². The number of nitrogens with one attached hydrogen (secondary N) is 1. The Morgan fingerprint density at radius 1 is 0.850 bits per heavy atom. The molecule has 0 aromatic heterocycles. The Balaban J connectivity index is 1.72. The van der Waals surface area contributed by atoms with Crippen molar-refractivity contribution in [3.05, 3.63) is 54.6 Å². The van der Waals surface area contributed by atoms with Crippen molar-refractivity contribution in [1.29, 1.82) is 5.41 Å². The summed E-state index contributed by atoms with van der Waals surface area (Å²) in [5, 5.41) is 8.01. The topological polar surface area (TPSA) is 36.3 Å². The second-order valence-corrected chi connectivity index (χ2v) is 4.96. The Hall–Kier alpha value is -2.29. The fraction of sp³-hybridized carbons (Fsp3) is 0.235. The van der Waals surface area contributed by atoms with E-state index < -0.39 is 0 Å². The largest absolute Gasteiger partial charge is 0.457 e. The minimum atomic E-state index is 0.716. The molecule has 1 aliphatic rings. The van der Waals surface area contributed by atoms with Crippen molar-refractivity contribution in [1.82, 2.24) is 0 Å². The minimum Gasteiger partial charge on any atom is -0.457 e. The van der Waals surface area contributed by atoms with Crippen LogP contribution < -0.4 is 9.64 Å². The van der Waals surface area contributed by atoms with Gasteiger partial charge in [0.1, 0.15) is 17.3 Å². The molecule has 0 bridgehead atoms. The van der Waals surface area contributed by atoms with Crippen molar-refractivity contribution in [2.45, 2.75) is 19.3 Å². The molecule has 0 radical (unpaired) electrons. The van der Waals surface area contributed by atoms with Crippen LogP contribution in [0.4, 0.5) is 5.69 Å². The number of anilines is 1. The molecule has 0 unspecified atom stereocenters. The number of amidine groups is 1.